The quantitative estimate of drug-likeness (QED) is 0.771. The van der Waals surface area contributed by atoms with Crippen molar-refractivity contribution < 1.29 is 23.4 Å². The Bertz CT molecular complexity index is 700. The third-order valence-electron chi connectivity index (χ3n) is 5.81. The Balaban J connectivity index is 1.74. The van der Waals surface area contributed by atoms with E-state index in [-0.39, 0.29) is 18.5 Å². The summed E-state index contributed by atoms with van der Waals surface area (Å²) in [5.74, 6) is -5.04. The minimum Gasteiger partial charge on any atom is -0.495 e. The summed E-state index contributed by atoms with van der Waals surface area (Å²) >= 11 is 0. The molecule has 2 aliphatic rings. The van der Waals surface area contributed by atoms with Crippen molar-refractivity contribution in [2.75, 3.05) is 45.7 Å². The number of likely N-dealkylation sites (N-methyl/N-ethyl adjacent to an activating group) is 1. The molecule has 1 heterocycles. The Morgan fingerprint density at radius 3 is 2.50 bits per heavy atom. The minimum absolute atomic E-state index is 0.0754. The molecule has 0 unspecified atom stereocenters. The molecule has 0 bridgehead atoms. The summed E-state index contributed by atoms with van der Waals surface area (Å²) < 4.78 is 34.5. The second-order valence-corrected chi connectivity index (χ2v) is 7.88. The number of halogens is 2. The molecule has 1 aliphatic heterocycles. The highest BCUT2D eigenvalue weighted by Crippen LogP contribution is 2.43. The van der Waals surface area contributed by atoms with Gasteiger partial charge in [0.1, 0.15) is 11.4 Å². The number of nitrogens with one attached hydrogen (secondary N) is 1. The van der Waals surface area contributed by atoms with Gasteiger partial charge in [-0.3, -0.25) is 9.69 Å². The van der Waals surface area contributed by atoms with Crippen molar-refractivity contribution in [3.8, 4) is 5.75 Å². The number of carbonyl (C=O) groups excluding carboxylic acids is 1. The highest BCUT2D eigenvalue weighted by Gasteiger charge is 2.59. The molecule has 8 heteroatoms. The molecule has 3 rings (SSSR count). The van der Waals surface area contributed by atoms with E-state index < -0.39 is 17.4 Å². The van der Waals surface area contributed by atoms with E-state index in [2.05, 4.69) is 22.2 Å². The average molecular weight is 397 g/mol. The highest BCUT2D eigenvalue weighted by atomic mass is 19.3. The van der Waals surface area contributed by atoms with Crippen LogP contribution >= 0.6 is 0 Å². The number of aliphatic hydroxyl groups is 1. The van der Waals surface area contributed by atoms with Gasteiger partial charge in [-0.05, 0) is 37.6 Å². The predicted octanol–water partition coefficient (Wildman–Crippen LogP) is 2.32. The standard InChI is InChI=1S/C20H29F2N3O3/c1-24-9-11-25(12-10-24)14-15-5-6-17(28-2)16(13-15)23-18(26)20(21,22)19(27)7-3-4-8-19/h5-6,13,27H,3-4,7-12,14H2,1-2H3,(H,23,26). The van der Waals surface area contributed by atoms with Gasteiger partial charge in [-0.2, -0.15) is 8.78 Å². The average Bonchev–Trinajstić information content (AvgIpc) is 3.12. The summed E-state index contributed by atoms with van der Waals surface area (Å²) in [6.07, 6.45) is 0.828. The number of hydrogen-bond acceptors (Lipinski definition) is 5. The van der Waals surface area contributed by atoms with Crippen LogP contribution in [0.25, 0.3) is 0 Å². The molecule has 2 fully saturated rings. The van der Waals surface area contributed by atoms with Crippen LogP contribution in [0.3, 0.4) is 0 Å². The normalized spacial score (nSPS) is 20.9. The Kier molecular flexibility index (Phi) is 6.21. The van der Waals surface area contributed by atoms with Gasteiger partial charge in [-0.1, -0.05) is 18.9 Å². The van der Waals surface area contributed by atoms with E-state index in [0.717, 1.165) is 31.7 Å². The summed E-state index contributed by atoms with van der Waals surface area (Å²) in [7, 11) is 3.50. The van der Waals surface area contributed by atoms with Crippen LogP contribution < -0.4 is 10.1 Å². The van der Waals surface area contributed by atoms with Crippen molar-refractivity contribution in [1.82, 2.24) is 9.80 Å². The molecule has 0 radical (unpaired) electrons. The molecule has 1 aromatic carbocycles. The first-order valence-electron chi connectivity index (χ1n) is 9.75. The maximum absolute atomic E-state index is 14.6. The molecule has 1 amide bonds. The van der Waals surface area contributed by atoms with Crippen molar-refractivity contribution in [3.05, 3.63) is 23.8 Å². The van der Waals surface area contributed by atoms with Crippen molar-refractivity contribution in [2.24, 2.45) is 0 Å². The van der Waals surface area contributed by atoms with E-state index in [4.69, 9.17) is 4.74 Å². The van der Waals surface area contributed by atoms with Gasteiger partial charge < -0.3 is 20.1 Å². The van der Waals surface area contributed by atoms with Crippen LogP contribution in [0.2, 0.25) is 0 Å². The lowest BCUT2D eigenvalue weighted by Gasteiger charge is -2.32. The zero-order valence-electron chi connectivity index (χ0n) is 16.5. The van der Waals surface area contributed by atoms with Gasteiger partial charge in [0.2, 0.25) is 0 Å². The second-order valence-electron chi connectivity index (χ2n) is 7.88. The molecule has 1 aromatic rings. The molecular formula is C20H29F2N3O3. The summed E-state index contributed by atoms with van der Waals surface area (Å²) in [6, 6.07) is 5.21. The number of hydrogen-bond donors (Lipinski definition) is 2. The molecule has 6 nitrogen and oxygen atoms in total. The van der Waals surface area contributed by atoms with Crippen LogP contribution in [0, 0.1) is 0 Å². The van der Waals surface area contributed by atoms with Gasteiger partial charge in [-0.25, -0.2) is 0 Å². The number of nitrogens with zero attached hydrogens (tertiary/aromatic N) is 2. The fraction of sp³-hybridized carbons (Fsp3) is 0.650. The predicted molar refractivity (Wildman–Crippen MR) is 103 cm³/mol. The third kappa shape index (κ3) is 4.29. The van der Waals surface area contributed by atoms with Gasteiger partial charge in [0.25, 0.3) is 5.91 Å². The molecule has 1 saturated carbocycles. The lowest BCUT2D eigenvalue weighted by atomic mass is 9.93. The Morgan fingerprint density at radius 1 is 1.25 bits per heavy atom. The highest BCUT2D eigenvalue weighted by molar-refractivity contribution is 5.98. The maximum atomic E-state index is 14.6. The van der Waals surface area contributed by atoms with Crippen LogP contribution in [-0.2, 0) is 11.3 Å². The number of anilines is 1. The maximum Gasteiger partial charge on any atom is 0.352 e. The molecule has 28 heavy (non-hydrogen) atoms. The lowest BCUT2D eigenvalue weighted by molar-refractivity contribution is -0.185. The van der Waals surface area contributed by atoms with E-state index in [1.54, 1.807) is 12.1 Å². The Hall–Kier alpha value is -1.77. The van der Waals surface area contributed by atoms with E-state index >= 15 is 0 Å². The number of benzene rings is 1. The van der Waals surface area contributed by atoms with Crippen LogP contribution in [0.15, 0.2) is 18.2 Å². The first-order chi connectivity index (χ1) is 13.2. The molecular weight excluding hydrogens is 368 g/mol. The molecule has 1 saturated heterocycles. The smallest absolute Gasteiger partial charge is 0.352 e. The number of methoxy groups -OCH3 is 1. The van der Waals surface area contributed by atoms with E-state index in [1.807, 2.05) is 6.07 Å². The van der Waals surface area contributed by atoms with Crippen molar-refractivity contribution in [1.29, 1.82) is 0 Å². The number of piperazine rings is 1. The van der Waals surface area contributed by atoms with E-state index in [9.17, 15) is 18.7 Å². The van der Waals surface area contributed by atoms with Gasteiger partial charge in [0.15, 0.2) is 0 Å². The number of amides is 1. The Labute approximate surface area is 164 Å². The van der Waals surface area contributed by atoms with Crippen molar-refractivity contribution >= 4 is 11.6 Å². The zero-order valence-corrected chi connectivity index (χ0v) is 16.5. The van der Waals surface area contributed by atoms with Crippen LogP contribution in [0.5, 0.6) is 5.75 Å². The zero-order chi connectivity index (χ0) is 20.4. The van der Waals surface area contributed by atoms with Crippen LogP contribution in [0.1, 0.15) is 31.2 Å². The van der Waals surface area contributed by atoms with Crippen molar-refractivity contribution in [2.45, 2.75) is 43.8 Å². The summed E-state index contributed by atoms with van der Waals surface area (Å²) in [6.45, 7) is 4.47. The van der Waals surface area contributed by atoms with Gasteiger partial charge in [-0.15, -0.1) is 0 Å². The fourth-order valence-corrected chi connectivity index (χ4v) is 3.90. The van der Waals surface area contributed by atoms with E-state index in [1.165, 1.54) is 7.11 Å². The Morgan fingerprint density at radius 2 is 1.89 bits per heavy atom. The fourth-order valence-electron chi connectivity index (χ4n) is 3.90. The number of alkyl halides is 2. The monoisotopic (exact) mass is 397 g/mol. The van der Waals surface area contributed by atoms with Gasteiger partial charge >= 0.3 is 5.92 Å². The summed E-state index contributed by atoms with van der Waals surface area (Å²) in [4.78, 5) is 16.9. The number of carbonyl (C=O) groups is 1. The second kappa shape index (κ2) is 8.31. The van der Waals surface area contributed by atoms with Gasteiger partial charge in [0, 0.05) is 32.7 Å². The van der Waals surface area contributed by atoms with Gasteiger partial charge in [0.05, 0.1) is 12.8 Å². The number of ether oxygens (including phenoxy) is 1. The van der Waals surface area contributed by atoms with E-state index in [0.29, 0.717) is 25.1 Å². The van der Waals surface area contributed by atoms with Crippen LogP contribution in [-0.4, -0.2) is 72.7 Å². The first-order valence-corrected chi connectivity index (χ1v) is 9.75. The molecule has 2 N–H and O–H groups in total. The van der Waals surface area contributed by atoms with Crippen LogP contribution in [0.4, 0.5) is 14.5 Å². The largest absolute Gasteiger partial charge is 0.495 e. The first kappa shape index (κ1) is 21.0. The topological polar surface area (TPSA) is 65.0 Å². The minimum atomic E-state index is -3.86. The SMILES string of the molecule is COc1ccc(CN2CCN(C)CC2)cc1NC(=O)C(F)(F)C1(O)CCCC1. The molecule has 1 aliphatic carbocycles. The molecule has 0 aromatic heterocycles. The lowest BCUT2D eigenvalue weighted by Crippen LogP contribution is -2.53. The molecule has 0 spiro atoms. The summed E-state index contributed by atoms with van der Waals surface area (Å²) in [5, 5.41) is 12.5. The molecule has 156 valence electrons. The third-order valence-corrected chi connectivity index (χ3v) is 5.81. The molecule has 0 atom stereocenters. The van der Waals surface area contributed by atoms with Crippen molar-refractivity contribution in [3.63, 3.8) is 0 Å². The number of rotatable bonds is 6. The summed E-state index contributed by atoms with van der Waals surface area (Å²) in [5.41, 5.74) is -1.18.